The van der Waals surface area contributed by atoms with Gasteiger partial charge in [0, 0.05) is 16.9 Å². The molecule has 0 radical (unpaired) electrons. The summed E-state index contributed by atoms with van der Waals surface area (Å²) in [7, 11) is 0. The average molecular weight is 348 g/mol. The van der Waals surface area contributed by atoms with Crippen LogP contribution in [0.2, 0.25) is 5.02 Å². The van der Waals surface area contributed by atoms with E-state index in [1.165, 1.54) is 19.5 Å². The molecule has 1 fully saturated rings. The van der Waals surface area contributed by atoms with Crippen LogP contribution < -0.4 is 9.64 Å². The highest BCUT2D eigenvalue weighted by molar-refractivity contribution is 9.10. The van der Waals surface area contributed by atoms with Crippen molar-refractivity contribution in [1.29, 1.82) is 0 Å². The number of piperidine rings is 1. The van der Waals surface area contributed by atoms with Gasteiger partial charge in [0.2, 0.25) is 0 Å². The van der Waals surface area contributed by atoms with Crippen LogP contribution in [0.5, 0.6) is 5.75 Å². The lowest BCUT2D eigenvalue weighted by Crippen LogP contribution is -3.14. The minimum Gasteiger partial charge on any atom is -0.487 e. The first-order valence-corrected chi connectivity index (χ1v) is 8.13. The fraction of sp³-hybridized carbons (Fsp3) is 0.600. The van der Waals surface area contributed by atoms with Gasteiger partial charge >= 0.3 is 0 Å². The van der Waals surface area contributed by atoms with Crippen LogP contribution in [0.3, 0.4) is 0 Å². The van der Waals surface area contributed by atoms with Gasteiger partial charge in [-0.15, -0.1) is 0 Å². The van der Waals surface area contributed by atoms with Crippen LogP contribution in [-0.2, 0) is 0 Å². The largest absolute Gasteiger partial charge is 0.487 e. The first kappa shape index (κ1) is 15.1. The molecule has 1 saturated heterocycles. The van der Waals surface area contributed by atoms with Crippen LogP contribution in [0, 0.1) is 11.8 Å². The Bertz CT molecular complexity index is 417. The number of ether oxygens (including phenoxy) is 1. The Morgan fingerprint density at radius 3 is 2.63 bits per heavy atom. The Balaban J connectivity index is 1.80. The summed E-state index contributed by atoms with van der Waals surface area (Å²) < 4.78 is 6.76. The molecule has 0 saturated carbocycles. The molecule has 0 aliphatic carbocycles. The minimum absolute atomic E-state index is 0.725. The van der Waals surface area contributed by atoms with Gasteiger partial charge in [-0.3, -0.25) is 0 Å². The summed E-state index contributed by atoms with van der Waals surface area (Å²) in [6, 6.07) is 5.65. The molecule has 0 aromatic heterocycles. The second-order valence-electron chi connectivity index (χ2n) is 5.78. The summed E-state index contributed by atoms with van der Waals surface area (Å²) in [4.78, 5) is 1.66. The number of halogens is 2. The molecule has 1 N–H and O–H groups in total. The number of rotatable bonds is 4. The van der Waals surface area contributed by atoms with E-state index in [9.17, 15) is 0 Å². The Kier molecular flexibility index (Phi) is 5.55. The Hall–Kier alpha value is -0.250. The third kappa shape index (κ3) is 4.66. The monoisotopic (exact) mass is 346 g/mol. The van der Waals surface area contributed by atoms with Crippen molar-refractivity contribution in [2.45, 2.75) is 20.3 Å². The first-order valence-electron chi connectivity index (χ1n) is 6.96. The lowest BCUT2D eigenvalue weighted by Gasteiger charge is -2.31. The van der Waals surface area contributed by atoms with E-state index in [0.29, 0.717) is 0 Å². The quantitative estimate of drug-likeness (QED) is 0.884. The standard InChI is InChI=1S/C15H21BrClNO/c1-11-7-12(2)10-18(9-11)5-6-19-15-4-3-13(17)8-14(15)16/h3-4,8,11-12H,5-7,9-10H2,1-2H3/p+1/t11-,12+. The fourth-order valence-corrected chi connectivity index (χ4v) is 3.82. The molecule has 4 heteroatoms. The van der Waals surface area contributed by atoms with Crippen molar-refractivity contribution in [2.75, 3.05) is 26.2 Å². The summed E-state index contributed by atoms with van der Waals surface area (Å²) >= 11 is 9.39. The molecule has 19 heavy (non-hydrogen) atoms. The summed E-state index contributed by atoms with van der Waals surface area (Å²) in [6.45, 7) is 9.09. The van der Waals surface area contributed by atoms with Gasteiger partial charge in [-0.05, 0) is 40.5 Å². The number of quaternary nitrogens is 1. The van der Waals surface area contributed by atoms with Gasteiger partial charge in [0.15, 0.2) is 0 Å². The van der Waals surface area contributed by atoms with E-state index in [1.54, 1.807) is 4.90 Å². The van der Waals surface area contributed by atoms with Crippen LogP contribution in [0.25, 0.3) is 0 Å². The number of hydrogen-bond donors (Lipinski definition) is 1. The second kappa shape index (κ2) is 6.96. The predicted octanol–water partition coefficient (Wildman–Crippen LogP) is 3.04. The smallest absolute Gasteiger partial charge is 0.137 e. The third-order valence-corrected chi connectivity index (χ3v) is 4.54. The van der Waals surface area contributed by atoms with Crippen molar-refractivity contribution in [3.05, 3.63) is 27.7 Å². The average Bonchev–Trinajstić information content (AvgIpc) is 2.30. The normalized spacial score (nSPS) is 27.3. The zero-order valence-corrected chi connectivity index (χ0v) is 13.9. The number of nitrogens with one attached hydrogen (secondary N) is 1. The Labute approximate surface area is 129 Å². The zero-order valence-electron chi connectivity index (χ0n) is 11.6. The van der Waals surface area contributed by atoms with Gasteiger partial charge in [0.25, 0.3) is 0 Å². The summed E-state index contributed by atoms with van der Waals surface area (Å²) in [5.41, 5.74) is 0. The van der Waals surface area contributed by atoms with Gasteiger partial charge in [-0.25, -0.2) is 0 Å². The molecular formula is C15H22BrClNO+. The van der Waals surface area contributed by atoms with Gasteiger partial charge in [0.1, 0.15) is 18.9 Å². The van der Waals surface area contributed by atoms with Crippen LogP contribution in [0.4, 0.5) is 0 Å². The van der Waals surface area contributed by atoms with Gasteiger partial charge in [0.05, 0.1) is 17.6 Å². The molecule has 1 aliphatic rings. The molecular weight excluding hydrogens is 326 g/mol. The van der Waals surface area contributed by atoms with E-state index >= 15 is 0 Å². The zero-order chi connectivity index (χ0) is 13.8. The van der Waals surface area contributed by atoms with Gasteiger partial charge < -0.3 is 9.64 Å². The molecule has 106 valence electrons. The van der Waals surface area contributed by atoms with Crippen LogP contribution in [0.1, 0.15) is 20.3 Å². The van der Waals surface area contributed by atoms with E-state index in [2.05, 4.69) is 29.8 Å². The van der Waals surface area contributed by atoms with Crippen molar-refractivity contribution >= 4 is 27.5 Å². The molecule has 0 amide bonds. The van der Waals surface area contributed by atoms with Crippen LogP contribution in [-0.4, -0.2) is 26.2 Å². The maximum absolute atomic E-state index is 5.92. The maximum Gasteiger partial charge on any atom is 0.137 e. The van der Waals surface area contributed by atoms with E-state index in [-0.39, 0.29) is 0 Å². The van der Waals surface area contributed by atoms with E-state index in [0.717, 1.165) is 40.2 Å². The SMILES string of the molecule is C[C@@H]1C[C@H](C)C[NH+](CCOc2ccc(Cl)cc2Br)C1. The van der Waals surface area contributed by atoms with Gasteiger partial charge in [-0.1, -0.05) is 25.4 Å². The number of likely N-dealkylation sites (tertiary alicyclic amines) is 1. The highest BCUT2D eigenvalue weighted by Gasteiger charge is 2.24. The summed E-state index contributed by atoms with van der Waals surface area (Å²) in [5.74, 6) is 2.55. The molecule has 0 bridgehead atoms. The van der Waals surface area contributed by atoms with Crippen molar-refractivity contribution in [2.24, 2.45) is 11.8 Å². The molecule has 1 unspecified atom stereocenters. The Morgan fingerprint density at radius 2 is 2.00 bits per heavy atom. The highest BCUT2D eigenvalue weighted by atomic mass is 79.9. The maximum atomic E-state index is 5.92. The van der Waals surface area contributed by atoms with E-state index in [4.69, 9.17) is 16.3 Å². The molecule has 1 aromatic rings. The Morgan fingerprint density at radius 1 is 1.32 bits per heavy atom. The van der Waals surface area contributed by atoms with Crippen LogP contribution >= 0.6 is 27.5 Å². The number of benzene rings is 1. The van der Waals surface area contributed by atoms with Crippen molar-refractivity contribution < 1.29 is 9.64 Å². The van der Waals surface area contributed by atoms with E-state index < -0.39 is 0 Å². The van der Waals surface area contributed by atoms with Crippen molar-refractivity contribution in [1.82, 2.24) is 0 Å². The van der Waals surface area contributed by atoms with Crippen molar-refractivity contribution in [3.8, 4) is 5.75 Å². The molecule has 0 spiro atoms. The van der Waals surface area contributed by atoms with Crippen molar-refractivity contribution in [3.63, 3.8) is 0 Å². The fourth-order valence-electron chi connectivity index (χ4n) is 3.02. The first-order chi connectivity index (χ1) is 9.04. The summed E-state index contributed by atoms with van der Waals surface area (Å²) in [5, 5.41) is 0.725. The lowest BCUT2D eigenvalue weighted by atomic mass is 9.92. The topological polar surface area (TPSA) is 13.7 Å². The molecule has 1 aliphatic heterocycles. The van der Waals surface area contributed by atoms with Gasteiger partial charge in [-0.2, -0.15) is 0 Å². The minimum atomic E-state index is 0.725. The predicted molar refractivity (Wildman–Crippen MR) is 83.2 cm³/mol. The number of hydrogen-bond acceptors (Lipinski definition) is 1. The third-order valence-electron chi connectivity index (χ3n) is 3.69. The summed E-state index contributed by atoms with van der Waals surface area (Å²) in [6.07, 6.45) is 1.37. The molecule has 2 rings (SSSR count). The van der Waals surface area contributed by atoms with Crippen LogP contribution in [0.15, 0.2) is 22.7 Å². The molecule has 1 aromatic carbocycles. The lowest BCUT2D eigenvalue weighted by molar-refractivity contribution is -0.912. The molecule has 3 atom stereocenters. The van der Waals surface area contributed by atoms with E-state index in [1.807, 2.05) is 18.2 Å². The molecule has 2 nitrogen and oxygen atoms in total. The second-order valence-corrected chi connectivity index (χ2v) is 7.07. The highest BCUT2D eigenvalue weighted by Crippen LogP contribution is 2.27. The molecule has 1 heterocycles.